The van der Waals surface area contributed by atoms with Crippen molar-refractivity contribution in [3.8, 4) is 0 Å². The molecule has 3 heteroatoms. The van der Waals surface area contributed by atoms with Crippen molar-refractivity contribution in [1.82, 2.24) is 4.98 Å². The van der Waals surface area contributed by atoms with E-state index in [0.29, 0.717) is 6.42 Å². The minimum absolute atomic E-state index is 0.566. The largest absolute Gasteiger partial charge is 0.481 e. The van der Waals surface area contributed by atoms with Crippen LogP contribution < -0.4 is 0 Å². The van der Waals surface area contributed by atoms with E-state index in [-0.39, 0.29) is 0 Å². The third-order valence-corrected chi connectivity index (χ3v) is 4.03. The summed E-state index contributed by atoms with van der Waals surface area (Å²) >= 11 is 0. The summed E-state index contributed by atoms with van der Waals surface area (Å²) in [6.45, 7) is 0. The highest BCUT2D eigenvalue weighted by Gasteiger charge is 2.38. The third-order valence-electron chi connectivity index (χ3n) is 4.03. The molecule has 18 heavy (non-hydrogen) atoms. The number of aliphatic carboxylic acids is 1. The summed E-state index contributed by atoms with van der Waals surface area (Å²) in [5, 5.41) is 9.65. The van der Waals surface area contributed by atoms with Crippen LogP contribution in [0.4, 0.5) is 0 Å². The SMILES string of the molecule is O=C(O)C1(Cc2cccnc2)CCCCCCC1. The van der Waals surface area contributed by atoms with Crippen molar-refractivity contribution >= 4 is 5.97 Å². The lowest BCUT2D eigenvalue weighted by Crippen LogP contribution is -2.34. The van der Waals surface area contributed by atoms with Gasteiger partial charge in [-0.15, -0.1) is 0 Å². The number of pyridine rings is 1. The molecule has 0 bridgehead atoms. The van der Waals surface area contributed by atoms with Crippen LogP contribution in [0, 0.1) is 5.41 Å². The van der Waals surface area contributed by atoms with Gasteiger partial charge >= 0.3 is 5.97 Å². The maximum Gasteiger partial charge on any atom is 0.309 e. The average Bonchev–Trinajstić information content (AvgIpc) is 2.34. The zero-order valence-electron chi connectivity index (χ0n) is 10.8. The van der Waals surface area contributed by atoms with Gasteiger partial charge in [-0.05, 0) is 30.9 Å². The van der Waals surface area contributed by atoms with Gasteiger partial charge in [0.1, 0.15) is 0 Å². The summed E-state index contributed by atoms with van der Waals surface area (Å²) in [6, 6.07) is 3.87. The predicted molar refractivity (Wildman–Crippen MR) is 70.3 cm³/mol. The minimum atomic E-state index is -0.631. The van der Waals surface area contributed by atoms with Gasteiger partial charge in [-0.25, -0.2) is 0 Å². The number of nitrogens with zero attached hydrogens (tertiary/aromatic N) is 1. The number of aromatic nitrogens is 1. The average molecular weight is 247 g/mol. The van der Waals surface area contributed by atoms with Crippen LogP contribution in [-0.2, 0) is 11.2 Å². The summed E-state index contributed by atoms with van der Waals surface area (Å²) in [5.74, 6) is -0.631. The first-order valence-corrected chi connectivity index (χ1v) is 6.85. The summed E-state index contributed by atoms with van der Waals surface area (Å²) < 4.78 is 0. The second-order valence-corrected chi connectivity index (χ2v) is 5.39. The van der Waals surface area contributed by atoms with Gasteiger partial charge in [-0.1, -0.05) is 38.2 Å². The Bertz CT molecular complexity index is 381. The van der Waals surface area contributed by atoms with Crippen LogP contribution in [0.15, 0.2) is 24.5 Å². The van der Waals surface area contributed by atoms with Gasteiger partial charge in [-0.3, -0.25) is 9.78 Å². The van der Waals surface area contributed by atoms with Gasteiger partial charge in [-0.2, -0.15) is 0 Å². The van der Waals surface area contributed by atoms with E-state index in [9.17, 15) is 9.90 Å². The lowest BCUT2D eigenvalue weighted by molar-refractivity contribution is -0.150. The first-order chi connectivity index (χ1) is 8.73. The smallest absolute Gasteiger partial charge is 0.309 e. The van der Waals surface area contributed by atoms with Gasteiger partial charge < -0.3 is 5.11 Å². The molecule has 98 valence electrons. The van der Waals surface area contributed by atoms with Crippen LogP contribution in [-0.4, -0.2) is 16.1 Å². The van der Waals surface area contributed by atoms with Crippen molar-refractivity contribution in [2.24, 2.45) is 5.41 Å². The molecule has 2 rings (SSSR count). The normalized spacial score (nSPS) is 19.8. The van der Waals surface area contributed by atoms with Crippen LogP contribution in [0.2, 0.25) is 0 Å². The van der Waals surface area contributed by atoms with Crippen LogP contribution in [0.5, 0.6) is 0 Å². The topological polar surface area (TPSA) is 50.2 Å². The maximum atomic E-state index is 11.7. The Balaban J connectivity index is 2.17. The van der Waals surface area contributed by atoms with Gasteiger partial charge in [0.15, 0.2) is 0 Å². The van der Waals surface area contributed by atoms with Crippen LogP contribution in [0.25, 0.3) is 0 Å². The molecule has 1 saturated carbocycles. The molecule has 1 aliphatic rings. The Kier molecular flexibility index (Phi) is 4.34. The van der Waals surface area contributed by atoms with Gasteiger partial charge in [0.05, 0.1) is 5.41 Å². The molecule has 1 aromatic heterocycles. The lowest BCUT2D eigenvalue weighted by Gasteiger charge is -2.31. The molecule has 3 nitrogen and oxygen atoms in total. The fourth-order valence-corrected chi connectivity index (χ4v) is 2.94. The van der Waals surface area contributed by atoms with Gasteiger partial charge in [0.25, 0.3) is 0 Å². The molecular formula is C15H21NO2. The van der Waals surface area contributed by atoms with Gasteiger partial charge in [0.2, 0.25) is 0 Å². The second kappa shape index (κ2) is 5.98. The first kappa shape index (κ1) is 13.1. The number of hydrogen-bond acceptors (Lipinski definition) is 2. The van der Waals surface area contributed by atoms with E-state index in [2.05, 4.69) is 4.98 Å². The zero-order valence-corrected chi connectivity index (χ0v) is 10.8. The summed E-state index contributed by atoms with van der Waals surface area (Å²) in [7, 11) is 0. The molecule has 0 saturated heterocycles. The molecule has 1 N–H and O–H groups in total. The fraction of sp³-hybridized carbons (Fsp3) is 0.600. The zero-order chi connectivity index (χ0) is 12.8. The molecular weight excluding hydrogens is 226 g/mol. The first-order valence-electron chi connectivity index (χ1n) is 6.85. The van der Waals surface area contributed by atoms with E-state index < -0.39 is 11.4 Å². The van der Waals surface area contributed by atoms with Crippen molar-refractivity contribution in [1.29, 1.82) is 0 Å². The number of carboxylic acids is 1. The summed E-state index contributed by atoms with van der Waals surface area (Å²) in [6.07, 6.45) is 11.4. The molecule has 1 aromatic rings. The van der Waals surface area contributed by atoms with Crippen LogP contribution in [0.1, 0.15) is 50.5 Å². The number of rotatable bonds is 3. The molecule has 0 aliphatic heterocycles. The highest BCUT2D eigenvalue weighted by Crippen LogP contribution is 2.37. The Labute approximate surface area is 108 Å². The predicted octanol–water partition coefficient (Wildman–Crippen LogP) is 3.44. The molecule has 1 heterocycles. The standard InChI is InChI=1S/C15H21NO2/c17-14(18)15(8-4-2-1-3-5-9-15)11-13-7-6-10-16-12-13/h6-7,10,12H,1-5,8-9,11H2,(H,17,18). The lowest BCUT2D eigenvalue weighted by atomic mass is 9.72. The van der Waals surface area contributed by atoms with Gasteiger partial charge in [0, 0.05) is 12.4 Å². The molecule has 0 spiro atoms. The Morgan fingerprint density at radius 1 is 1.22 bits per heavy atom. The molecule has 1 fully saturated rings. The second-order valence-electron chi connectivity index (χ2n) is 5.39. The van der Waals surface area contributed by atoms with Crippen molar-refractivity contribution in [2.75, 3.05) is 0 Å². The highest BCUT2D eigenvalue weighted by molar-refractivity contribution is 5.75. The van der Waals surface area contributed by atoms with E-state index >= 15 is 0 Å². The van der Waals surface area contributed by atoms with Crippen molar-refractivity contribution in [3.05, 3.63) is 30.1 Å². The fourth-order valence-electron chi connectivity index (χ4n) is 2.94. The van der Waals surface area contributed by atoms with E-state index in [4.69, 9.17) is 0 Å². The van der Waals surface area contributed by atoms with E-state index in [1.807, 2.05) is 12.1 Å². The van der Waals surface area contributed by atoms with Crippen LogP contribution in [0.3, 0.4) is 0 Å². The van der Waals surface area contributed by atoms with Crippen LogP contribution >= 0.6 is 0 Å². The quantitative estimate of drug-likeness (QED) is 0.890. The maximum absolute atomic E-state index is 11.7. The Morgan fingerprint density at radius 2 is 1.89 bits per heavy atom. The number of carboxylic acid groups (broad SMARTS) is 1. The third kappa shape index (κ3) is 3.09. The number of carbonyl (C=O) groups is 1. The highest BCUT2D eigenvalue weighted by atomic mass is 16.4. The monoisotopic (exact) mass is 247 g/mol. The van der Waals surface area contributed by atoms with E-state index in [1.54, 1.807) is 12.4 Å². The van der Waals surface area contributed by atoms with Crippen molar-refractivity contribution in [3.63, 3.8) is 0 Å². The molecule has 0 atom stereocenters. The minimum Gasteiger partial charge on any atom is -0.481 e. The Hall–Kier alpha value is -1.38. The molecule has 1 aliphatic carbocycles. The van der Waals surface area contributed by atoms with Crippen molar-refractivity contribution in [2.45, 2.75) is 51.4 Å². The molecule has 0 radical (unpaired) electrons. The van der Waals surface area contributed by atoms with E-state index in [1.165, 1.54) is 19.3 Å². The summed E-state index contributed by atoms with van der Waals surface area (Å²) in [4.78, 5) is 15.8. The molecule has 0 amide bonds. The Morgan fingerprint density at radius 3 is 2.44 bits per heavy atom. The van der Waals surface area contributed by atoms with E-state index in [0.717, 1.165) is 31.2 Å². The molecule has 0 aromatic carbocycles. The summed E-state index contributed by atoms with van der Waals surface area (Å²) in [5.41, 5.74) is 0.476. The number of hydrogen-bond donors (Lipinski definition) is 1. The molecule has 0 unspecified atom stereocenters. The van der Waals surface area contributed by atoms with Crippen molar-refractivity contribution < 1.29 is 9.90 Å².